The highest BCUT2D eigenvalue weighted by molar-refractivity contribution is 6.77. The van der Waals surface area contributed by atoms with Crippen LogP contribution in [0.1, 0.15) is 45.4 Å². The van der Waals surface area contributed by atoms with Crippen molar-refractivity contribution in [3.8, 4) is 0 Å². The third-order valence-corrected chi connectivity index (χ3v) is 10.0. The zero-order valence-corrected chi connectivity index (χ0v) is 13.5. The van der Waals surface area contributed by atoms with E-state index in [4.69, 9.17) is 0 Å². The Balaban J connectivity index is 1.93. The van der Waals surface area contributed by atoms with E-state index in [1.54, 1.807) is 0 Å². The molecular formula is C15H29N3Si. The Labute approximate surface area is 119 Å². The average molecular weight is 280 g/mol. The molecule has 0 aromatic carbocycles. The van der Waals surface area contributed by atoms with Gasteiger partial charge in [0.15, 0.2) is 0 Å². The summed E-state index contributed by atoms with van der Waals surface area (Å²) in [6, 6.07) is 0. The zero-order chi connectivity index (χ0) is 13.1. The molecule has 0 aromatic rings. The number of hydrogen-bond donors (Lipinski definition) is 0. The first-order chi connectivity index (χ1) is 9.38. The SMILES string of the molecule is CC=C[Si](N1CCCC1)(N1CCCC1)N1CCCC1. The van der Waals surface area contributed by atoms with Crippen LogP contribution in [0.3, 0.4) is 0 Å². The molecule has 19 heavy (non-hydrogen) atoms. The van der Waals surface area contributed by atoms with Crippen LogP contribution in [0.15, 0.2) is 11.8 Å². The second-order valence-electron chi connectivity index (χ2n) is 6.27. The van der Waals surface area contributed by atoms with E-state index in [0.29, 0.717) is 0 Å². The maximum absolute atomic E-state index is 2.89. The van der Waals surface area contributed by atoms with Crippen LogP contribution in [-0.4, -0.2) is 61.5 Å². The minimum Gasteiger partial charge on any atom is -0.296 e. The molecule has 0 aromatic heterocycles. The predicted octanol–water partition coefficient (Wildman–Crippen LogP) is 2.33. The van der Waals surface area contributed by atoms with Gasteiger partial charge in [-0.1, -0.05) is 11.8 Å². The first-order valence-corrected chi connectivity index (χ1v) is 10.2. The molecule has 0 saturated carbocycles. The summed E-state index contributed by atoms with van der Waals surface area (Å²) in [6.07, 6.45) is 10.8. The maximum atomic E-state index is 2.89. The molecule has 0 atom stereocenters. The molecule has 0 bridgehead atoms. The number of hydrogen-bond acceptors (Lipinski definition) is 3. The maximum Gasteiger partial charge on any atom is 0.315 e. The summed E-state index contributed by atoms with van der Waals surface area (Å²) in [5, 5.41) is 0. The molecule has 3 fully saturated rings. The van der Waals surface area contributed by atoms with E-state index in [2.05, 4.69) is 32.4 Å². The quantitative estimate of drug-likeness (QED) is 0.731. The second kappa shape index (κ2) is 6.08. The number of allylic oxidation sites excluding steroid dienone is 1. The van der Waals surface area contributed by atoms with Crippen molar-refractivity contribution in [2.45, 2.75) is 45.4 Å². The van der Waals surface area contributed by atoms with Crippen LogP contribution in [-0.2, 0) is 0 Å². The van der Waals surface area contributed by atoms with Gasteiger partial charge >= 0.3 is 8.56 Å². The molecule has 3 rings (SSSR count). The van der Waals surface area contributed by atoms with Crippen molar-refractivity contribution in [1.82, 2.24) is 13.7 Å². The molecule has 3 aliphatic heterocycles. The van der Waals surface area contributed by atoms with Gasteiger partial charge in [-0.15, -0.1) is 0 Å². The van der Waals surface area contributed by atoms with Crippen molar-refractivity contribution >= 4 is 8.56 Å². The lowest BCUT2D eigenvalue weighted by molar-refractivity contribution is 0.313. The molecule has 4 heteroatoms. The molecule has 0 spiro atoms. The third-order valence-electron chi connectivity index (χ3n) is 5.10. The van der Waals surface area contributed by atoms with Gasteiger partial charge in [-0.05, 0) is 84.7 Å². The summed E-state index contributed by atoms with van der Waals surface area (Å²) in [6.45, 7) is 10.2. The van der Waals surface area contributed by atoms with Crippen LogP contribution in [0.25, 0.3) is 0 Å². The van der Waals surface area contributed by atoms with Gasteiger partial charge in [0.25, 0.3) is 0 Å². The monoisotopic (exact) mass is 279 g/mol. The van der Waals surface area contributed by atoms with Gasteiger partial charge < -0.3 is 0 Å². The Bertz CT molecular complexity index is 273. The summed E-state index contributed by atoms with van der Waals surface area (Å²) in [7, 11) is -1.68. The molecule has 0 aliphatic carbocycles. The molecule has 3 aliphatic rings. The topological polar surface area (TPSA) is 9.72 Å². The van der Waals surface area contributed by atoms with Gasteiger partial charge in [0, 0.05) is 0 Å². The van der Waals surface area contributed by atoms with Gasteiger partial charge in [-0.25, -0.2) is 0 Å². The van der Waals surface area contributed by atoms with Gasteiger partial charge in [-0.3, -0.25) is 13.7 Å². The summed E-state index contributed by atoms with van der Waals surface area (Å²) < 4.78 is 8.68. The normalized spacial score (nSPS) is 28.1. The molecule has 0 N–H and O–H groups in total. The van der Waals surface area contributed by atoms with Crippen molar-refractivity contribution in [2.24, 2.45) is 0 Å². The van der Waals surface area contributed by atoms with E-state index in [1.807, 2.05) is 0 Å². The van der Waals surface area contributed by atoms with Crippen LogP contribution in [0, 0.1) is 0 Å². The fraction of sp³-hybridized carbons (Fsp3) is 0.867. The van der Waals surface area contributed by atoms with Crippen molar-refractivity contribution < 1.29 is 0 Å². The van der Waals surface area contributed by atoms with Crippen LogP contribution < -0.4 is 0 Å². The van der Waals surface area contributed by atoms with E-state index in [0.717, 1.165) is 0 Å². The Morgan fingerprint density at radius 3 is 1.21 bits per heavy atom. The van der Waals surface area contributed by atoms with Crippen molar-refractivity contribution in [1.29, 1.82) is 0 Å². The van der Waals surface area contributed by atoms with Crippen LogP contribution in [0.2, 0.25) is 0 Å². The molecule has 3 saturated heterocycles. The molecule has 3 nitrogen and oxygen atoms in total. The standard InChI is InChI=1S/C15H29N3Si/c1-2-15-19(16-9-3-4-10-16,17-11-5-6-12-17)18-13-7-8-14-18/h2,15H,3-14H2,1H3. The van der Waals surface area contributed by atoms with Crippen molar-refractivity contribution in [3.05, 3.63) is 11.8 Å². The highest BCUT2D eigenvalue weighted by Crippen LogP contribution is 2.31. The largest absolute Gasteiger partial charge is 0.315 e. The molecule has 0 unspecified atom stereocenters. The van der Waals surface area contributed by atoms with Gasteiger partial charge in [0.2, 0.25) is 0 Å². The van der Waals surface area contributed by atoms with Crippen molar-refractivity contribution in [2.75, 3.05) is 39.3 Å². The van der Waals surface area contributed by atoms with Crippen LogP contribution in [0.5, 0.6) is 0 Å². The molecular weight excluding hydrogens is 250 g/mol. The summed E-state index contributed by atoms with van der Waals surface area (Å²) >= 11 is 0. The lowest BCUT2D eigenvalue weighted by Crippen LogP contribution is -2.72. The van der Waals surface area contributed by atoms with Gasteiger partial charge in [0.1, 0.15) is 0 Å². The third kappa shape index (κ3) is 2.44. The molecule has 3 heterocycles. The van der Waals surface area contributed by atoms with E-state index in [1.165, 1.54) is 77.8 Å². The Hall–Kier alpha value is -0.163. The van der Waals surface area contributed by atoms with Crippen LogP contribution in [0.4, 0.5) is 0 Å². The fourth-order valence-electron chi connectivity index (χ4n) is 4.28. The molecule has 108 valence electrons. The van der Waals surface area contributed by atoms with Gasteiger partial charge in [0.05, 0.1) is 0 Å². The molecule has 0 amide bonds. The summed E-state index contributed by atoms with van der Waals surface area (Å²) in [4.78, 5) is 0. The highest BCUT2D eigenvalue weighted by atomic mass is 28.4. The summed E-state index contributed by atoms with van der Waals surface area (Å²) in [5.41, 5.74) is 2.63. The Kier molecular flexibility index (Phi) is 4.42. The van der Waals surface area contributed by atoms with Crippen LogP contribution >= 0.6 is 0 Å². The smallest absolute Gasteiger partial charge is 0.296 e. The number of rotatable bonds is 4. The zero-order valence-electron chi connectivity index (χ0n) is 12.5. The summed E-state index contributed by atoms with van der Waals surface area (Å²) in [5.74, 6) is 0. The lowest BCUT2D eigenvalue weighted by Gasteiger charge is -2.49. The van der Waals surface area contributed by atoms with E-state index < -0.39 is 8.56 Å². The Morgan fingerprint density at radius 1 is 0.632 bits per heavy atom. The first-order valence-electron chi connectivity index (χ1n) is 8.27. The first kappa shape index (κ1) is 13.8. The van der Waals surface area contributed by atoms with Crippen molar-refractivity contribution in [3.63, 3.8) is 0 Å². The number of nitrogens with zero attached hydrogens (tertiary/aromatic N) is 3. The lowest BCUT2D eigenvalue weighted by atomic mass is 10.4. The second-order valence-corrected chi connectivity index (χ2v) is 9.88. The molecule has 0 radical (unpaired) electrons. The average Bonchev–Trinajstić information content (AvgIpc) is 3.18. The van der Waals surface area contributed by atoms with E-state index in [-0.39, 0.29) is 0 Å². The fourth-order valence-corrected chi connectivity index (χ4v) is 9.48. The minimum atomic E-state index is -1.68. The highest BCUT2D eigenvalue weighted by Gasteiger charge is 2.51. The predicted molar refractivity (Wildman–Crippen MR) is 83.0 cm³/mol. The van der Waals surface area contributed by atoms with Gasteiger partial charge in [-0.2, -0.15) is 0 Å². The van der Waals surface area contributed by atoms with E-state index in [9.17, 15) is 0 Å². The minimum absolute atomic E-state index is 1.34. The van der Waals surface area contributed by atoms with E-state index >= 15 is 0 Å². The Morgan fingerprint density at radius 2 is 0.947 bits per heavy atom.